The minimum atomic E-state index is -2.08. The topological polar surface area (TPSA) is 220 Å². The molecule has 1 aromatic heterocycles. The predicted octanol–water partition coefficient (Wildman–Crippen LogP) is 10.2. The lowest BCUT2D eigenvalue weighted by Gasteiger charge is -2.50. The number of aliphatic imine (C=N–C) groups is 1. The molecule has 0 spiro atoms. The fourth-order valence-corrected chi connectivity index (χ4v) is 12.5. The lowest BCUT2D eigenvalue weighted by atomic mass is 9.73. The van der Waals surface area contributed by atoms with E-state index in [9.17, 15) is 24.6 Å². The number of hydrogen-bond donors (Lipinski definition) is 2. The first kappa shape index (κ1) is 67.7. The van der Waals surface area contributed by atoms with Crippen LogP contribution in [0.3, 0.4) is 0 Å². The van der Waals surface area contributed by atoms with Crippen LogP contribution in [0.2, 0.25) is 0 Å². The van der Waals surface area contributed by atoms with E-state index in [0.29, 0.717) is 17.5 Å². The molecule has 3 aliphatic heterocycles. The van der Waals surface area contributed by atoms with Crippen molar-refractivity contribution in [2.75, 3.05) is 27.8 Å². The summed E-state index contributed by atoms with van der Waals surface area (Å²) in [5.74, 6) is -6.17. The molecule has 0 saturated carbocycles. The number of aromatic nitrogens is 1. The lowest BCUT2D eigenvalue weighted by Crippen LogP contribution is -2.62. The van der Waals surface area contributed by atoms with E-state index in [1.54, 1.807) is 109 Å². The molecule has 86 heavy (non-hydrogen) atoms. The van der Waals surface area contributed by atoms with Gasteiger partial charge in [-0.25, -0.2) is 14.6 Å². The van der Waals surface area contributed by atoms with Gasteiger partial charge in [-0.15, -0.1) is 0 Å². The monoisotopic (exact) mass is 1190 g/mol. The van der Waals surface area contributed by atoms with Gasteiger partial charge in [-0.3, -0.25) is 14.6 Å². The van der Waals surface area contributed by atoms with Crippen LogP contribution in [0.25, 0.3) is 17.0 Å². The Balaban J connectivity index is 1.42. The highest BCUT2D eigenvalue weighted by Crippen LogP contribution is 2.44. The summed E-state index contributed by atoms with van der Waals surface area (Å²) in [5, 5.41) is 26.0. The summed E-state index contributed by atoms with van der Waals surface area (Å²) >= 11 is 0. The number of cyclic esters (lactones) is 1. The van der Waals surface area contributed by atoms with Crippen molar-refractivity contribution in [1.82, 2.24) is 9.88 Å². The molecular formula is C68H93N3O15. The minimum Gasteiger partial charge on any atom is -0.459 e. The van der Waals surface area contributed by atoms with E-state index in [-0.39, 0.29) is 31.6 Å². The van der Waals surface area contributed by atoms with Gasteiger partial charge in [0, 0.05) is 48.1 Å². The number of esters is 3. The molecule has 7 rings (SSSR count). The van der Waals surface area contributed by atoms with Gasteiger partial charge in [-0.05, 0) is 123 Å². The highest BCUT2D eigenvalue weighted by atomic mass is 16.7. The molecule has 0 bridgehead atoms. The Hall–Kier alpha value is -5.80. The molecule has 3 aromatic carbocycles. The van der Waals surface area contributed by atoms with Gasteiger partial charge in [0.2, 0.25) is 0 Å². The van der Waals surface area contributed by atoms with Crippen LogP contribution in [0, 0.1) is 29.1 Å². The molecule has 3 saturated heterocycles. The molecule has 3 fully saturated rings. The molecule has 0 aliphatic carbocycles. The zero-order valence-electron chi connectivity index (χ0n) is 53.1. The number of carbonyl (C=O) groups excluding carboxylic acids is 4. The molecule has 4 aromatic rings. The quantitative estimate of drug-likeness (QED) is 0.0835. The van der Waals surface area contributed by atoms with Gasteiger partial charge < -0.3 is 57.7 Å². The van der Waals surface area contributed by atoms with E-state index < -0.39 is 137 Å². The van der Waals surface area contributed by atoms with Crippen molar-refractivity contribution in [2.24, 2.45) is 34.1 Å². The fourth-order valence-electron chi connectivity index (χ4n) is 12.5. The maximum absolute atomic E-state index is 15.2. The van der Waals surface area contributed by atoms with Crippen LogP contribution in [0.5, 0.6) is 0 Å². The average molecular weight is 1190 g/mol. The van der Waals surface area contributed by atoms with Crippen LogP contribution >= 0.6 is 0 Å². The third kappa shape index (κ3) is 15.9. The fraction of sp³-hybridized carbons (Fsp3) is 0.588. The van der Waals surface area contributed by atoms with E-state index in [4.69, 9.17) is 47.6 Å². The van der Waals surface area contributed by atoms with E-state index in [0.717, 1.165) is 16.5 Å². The summed E-state index contributed by atoms with van der Waals surface area (Å²) < 4.78 is 60.9. The Bertz CT molecular complexity index is 2990. The number of methoxy groups -OCH3 is 1. The Morgan fingerprint density at radius 3 is 2.02 bits per heavy atom. The Morgan fingerprint density at radius 2 is 1.42 bits per heavy atom. The molecule has 2 N–H and O–H groups in total. The van der Waals surface area contributed by atoms with E-state index >= 15 is 4.79 Å². The molecule has 3 aliphatic rings. The number of amides is 1. The average Bonchev–Trinajstić information content (AvgIpc) is 3.61. The van der Waals surface area contributed by atoms with E-state index in [1.165, 1.54) is 14.0 Å². The lowest BCUT2D eigenvalue weighted by molar-refractivity contribution is -0.319. The number of pyridine rings is 1. The summed E-state index contributed by atoms with van der Waals surface area (Å²) in [5.41, 5.74) is -3.12. The standard InChI is InChI=1S/C68H93N3O15/c1-17-52-68(13,77)57(72)42(4)54(70-64(76)65(8,9)10)40(2)37-67(12,79-34-26-27-46-36-49-32-24-25-33-50(49)69-39-46)58(86-63-56(51(71(14)15)35-41(3)80-63)84-61(74)47-28-20-18-21-29-47)43(5)55(44(6)60(73)82-52)83-53-38-66(11,78-16)59(45(7)81-53)85-62(75)48-30-22-19-23-31-48/h18-33,36,39-45,51-53,55-59,63,72,77H,17,34-35,37-38H2,1-16H3/b27-26+,70-54?/t40-,41+,42-,43-,44+,45-,51-,52+,53?,55-,56+,57+,58+,59-,63?,66+,67-,68+/m0/s1. The summed E-state index contributed by atoms with van der Waals surface area (Å²) in [6.07, 6.45) is -4.69. The zero-order valence-corrected chi connectivity index (χ0v) is 53.1. The van der Waals surface area contributed by atoms with E-state index in [1.807, 2.05) is 102 Å². The van der Waals surface area contributed by atoms with Crippen molar-refractivity contribution in [3.05, 3.63) is 120 Å². The van der Waals surface area contributed by atoms with Crippen molar-refractivity contribution in [1.29, 1.82) is 0 Å². The number of benzene rings is 3. The number of likely N-dealkylation sites (N-methyl/N-ethyl adjacent to an activating group) is 1. The second-order valence-electron chi connectivity index (χ2n) is 25.8. The molecule has 0 radical (unpaired) electrons. The third-order valence-corrected chi connectivity index (χ3v) is 17.6. The van der Waals surface area contributed by atoms with Gasteiger partial charge in [0.1, 0.15) is 17.3 Å². The SMILES string of the molecule is CC[C@H]1OC(=O)[C@H](C)[C@@H](OC2C[C@@](C)(OC)[C@@H](OC(=O)c3ccccc3)[C@H](C)O2)[C@H](C)[C@@H](OC2O[C@H](C)C[C@H](N(C)C)[C@H]2OC(=O)c2ccccc2)[C@@](C)(OC/C=C/c2cnc3ccccc3c2)C[C@H](C)C(=NC(=O)C(C)(C)C)[C@H](C)[C@@H](O)[C@]1(C)O. The van der Waals surface area contributed by atoms with Gasteiger partial charge in [0.25, 0.3) is 5.91 Å². The first-order valence-electron chi connectivity index (χ1n) is 30.3. The molecule has 4 heterocycles. The van der Waals surface area contributed by atoms with Crippen molar-refractivity contribution in [3.8, 4) is 0 Å². The Labute approximate surface area is 508 Å². The Kier molecular flexibility index (Phi) is 22.5. The molecule has 1 amide bonds. The summed E-state index contributed by atoms with van der Waals surface area (Å²) in [7, 11) is 5.32. The maximum atomic E-state index is 15.2. The number of para-hydroxylation sites is 1. The second-order valence-corrected chi connectivity index (χ2v) is 25.8. The highest BCUT2D eigenvalue weighted by Gasteiger charge is 2.55. The van der Waals surface area contributed by atoms with Crippen LogP contribution in [-0.4, -0.2) is 162 Å². The predicted molar refractivity (Wildman–Crippen MR) is 327 cm³/mol. The van der Waals surface area contributed by atoms with Gasteiger partial charge in [0.05, 0.1) is 71.3 Å². The molecule has 18 nitrogen and oxygen atoms in total. The first-order chi connectivity index (χ1) is 40.5. The smallest absolute Gasteiger partial charge is 0.338 e. The largest absolute Gasteiger partial charge is 0.459 e. The van der Waals surface area contributed by atoms with Crippen molar-refractivity contribution >= 4 is 46.5 Å². The number of ether oxygens (including phenoxy) is 9. The van der Waals surface area contributed by atoms with Gasteiger partial charge >= 0.3 is 17.9 Å². The molecule has 18 atom stereocenters. The van der Waals surface area contributed by atoms with Crippen molar-refractivity contribution < 1.29 is 72.0 Å². The maximum Gasteiger partial charge on any atom is 0.338 e. The Morgan fingerprint density at radius 1 is 0.802 bits per heavy atom. The van der Waals surface area contributed by atoms with Gasteiger partial charge in [0.15, 0.2) is 24.8 Å². The zero-order chi connectivity index (χ0) is 63.1. The number of fused-ring (bicyclic) bond motifs is 1. The van der Waals surface area contributed by atoms with E-state index in [2.05, 4.69) is 4.98 Å². The summed E-state index contributed by atoms with van der Waals surface area (Å²) in [4.78, 5) is 68.9. The van der Waals surface area contributed by atoms with Gasteiger partial charge in [-0.2, -0.15) is 0 Å². The van der Waals surface area contributed by atoms with Crippen LogP contribution in [-0.2, 0) is 52.2 Å². The third-order valence-electron chi connectivity index (χ3n) is 17.6. The molecular weight excluding hydrogens is 1100 g/mol. The van der Waals surface area contributed by atoms with Crippen molar-refractivity contribution in [3.63, 3.8) is 0 Å². The first-order valence-corrected chi connectivity index (χ1v) is 30.3. The number of carbonyl (C=O) groups is 4. The van der Waals surface area contributed by atoms with Crippen molar-refractivity contribution in [2.45, 2.75) is 200 Å². The van der Waals surface area contributed by atoms with Crippen LogP contribution in [0.15, 0.2) is 108 Å². The van der Waals surface area contributed by atoms with Gasteiger partial charge in [-0.1, -0.05) is 115 Å². The minimum absolute atomic E-state index is 0.0135. The number of hydrogen-bond acceptors (Lipinski definition) is 17. The van der Waals surface area contributed by atoms with Crippen LogP contribution in [0.4, 0.5) is 0 Å². The number of rotatable bonds is 15. The number of nitrogens with zero attached hydrogens (tertiary/aromatic N) is 3. The summed E-state index contributed by atoms with van der Waals surface area (Å²) in [6, 6.07) is 26.7. The van der Waals surface area contributed by atoms with Crippen LogP contribution in [0.1, 0.15) is 142 Å². The highest BCUT2D eigenvalue weighted by molar-refractivity contribution is 6.00. The number of aliphatic hydroxyl groups is 2. The molecule has 18 heteroatoms. The molecule has 2 unspecified atom stereocenters. The van der Waals surface area contributed by atoms with Crippen LogP contribution < -0.4 is 0 Å². The summed E-state index contributed by atoms with van der Waals surface area (Å²) in [6.45, 7) is 22.9. The normalized spacial score (nSPS) is 34.8. The second kappa shape index (κ2) is 28.6. The molecule has 470 valence electrons. The number of aliphatic hydroxyl groups excluding tert-OH is 1.